The Balaban J connectivity index is -0.0000000517. The highest BCUT2D eigenvalue weighted by Gasteiger charge is 2.32. The number of aliphatic hydroxyl groups is 3. The molecule has 2 fully saturated rings. The average Bonchev–Trinajstić information content (AvgIpc) is 3.59. The van der Waals surface area contributed by atoms with E-state index in [0.29, 0.717) is 19.1 Å². The summed E-state index contributed by atoms with van der Waals surface area (Å²) in [5, 5.41) is 24.7. The number of carbonyl (C=O) groups excluding carboxylic acids is 1. The van der Waals surface area contributed by atoms with Crippen LogP contribution in [0.2, 0.25) is 0 Å². The van der Waals surface area contributed by atoms with E-state index in [-0.39, 0.29) is 80.0 Å². The van der Waals surface area contributed by atoms with E-state index in [0.717, 1.165) is 32.5 Å². The van der Waals surface area contributed by atoms with Gasteiger partial charge in [-0.25, -0.2) is 0 Å². The third kappa shape index (κ3) is 64.0. The fourth-order valence-electron chi connectivity index (χ4n) is 2.62. The summed E-state index contributed by atoms with van der Waals surface area (Å²) in [6, 6.07) is 0. The number of hydrogen-bond acceptors (Lipinski definition) is 12. The highest BCUT2D eigenvalue weighted by molar-refractivity contribution is 7.45. The topological polar surface area (TPSA) is 173 Å². The molecule has 5 atom stereocenters. The zero-order valence-electron chi connectivity index (χ0n) is 33.0. The van der Waals surface area contributed by atoms with Gasteiger partial charge in [-0.3, -0.25) is 9.36 Å². The maximum absolute atomic E-state index is 10.6. The van der Waals surface area contributed by atoms with Crippen LogP contribution in [0.1, 0.15) is 173 Å². The van der Waals surface area contributed by atoms with Crippen molar-refractivity contribution in [2.24, 2.45) is 11.8 Å². The van der Waals surface area contributed by atoms with Crippen LogP contribution in [0, 0.1) is 11.8 Å². The molecule has 0 radical (unpaired) electrons. The molecule has 0 bridgehead atoms. The first-order chi connectivity index (χ1) is 22.1. The van der Waals surface area contributed by atoms with Crippen molar-refractivity contribution in [1.29, 1.82) is 0 Å². The van der Waals surface area contributed by atoms with E-state index in [4.69, 9.17) is 34.3 Å². The van der Waals surface area contributed by atoms with Crippen LogP contribution < -0.4 is 4.89 Å². The molecule has 2 saturated heterocycles. The number of phosphoric ester groups is 1. The number of aliphatic hydroxyl groups excluding tert-OH is 3. The molecular formula is C39H95ClO12P-. The molecule has 0 aromatic heterocycles. The van der Waals surface area contributed by atoms with Gasteiger partial charge in [-0.1, -0.05) is 125 Å². The van der Waals surface area contributed by atoms with Gasteiger partial charge in [0.2, 0.25) is 5.24 Å². The average molecular weight is 823 g/mol. The fourth-order valence-corrected chi connectivity index (χ4v) is 3.17. The van der Waals surface area contributed by atoms with Gasteiger partial charge in [0.1, 0.15) is 6.10 Å². The normalized spacial score (nSPS) is 18.8. The monoisotopic (exact) mass is 822 g/mol. The van der Waals surface area contributed by atoms with Gasteiger partial charge in [0.15, 0.2) is 11.6 Å². The quantitative estimate of drug-likeness (QED) is 0.133. The molecule has 3 N–H and O–H groups in total. The van der Waals surface area contributed by atoms with E-state index in [2.05, 4.69) is 62.2 Å². The third-order valence-corrected chi connectivity index (χ3v) is 7.22. The van der Waals surface area contributed by atoms with Crippen LogP contribution in [-0.2, 0) is 37.4 Å². The van der Waals surface area contributed by atoms with Crippen LogP contribution in [0.25, 0.3) is 0 Å². The van der Waals surface area contributed by atoms with E-state index in [1.807, 2.05) is 48.5 Å². The van der Waals surface area contributed by atoms with Gasteiger partial charge in [-0.2, -0.15) is 0 Å². The number of phosphoric acid groups is 1. The second-order valence-corrected chi connectivity index (χ2v) is 14.3. The summed E-state index contributed by atoms with van der Waals surface area (Å²) in [5.41, 5.74) is 0. The molecule has 2 rings (SSSR count). The Hall–Kier alpha value is -0.210. The number of hydrogen-bond donors (Lipinski definition) is 3. The summed E-state index contributed by atoms with van der Waals surface area (Å²) in [7, 11) is -2.90. The first-order valence-electron chi connectivity index (χ1n) is 17.3. The van der Waals surface area contributed by atoms with Gasteiger partial charge in [-0.05, 0) is 64.0 Å². The Bertz CT molecular complexity index is 697. The molecule has 2 aliphatic heterocycles. The van der Waals surface area contributed by atoms with Gasteiger partial charge in [-0.15, -0.1) is 0 Å². The van der Waals surface area contributed by atoms with Crippen molar-refractivity contribution >= 4 is 24.7 Å². The lowest BCUT2D eigenvalue weighted by molar-refractivity contribution is -0.223. The largest absolute Gasteiger partial charge is 0.756 e. The summed E-state index contributed by atoms with van der Waals surface area (Å²) in [4.78, 5) is 19.8. The third-order valence-electron chi connectivity index (χ3n) is 6.31. The zero-order chi connectivity index (χ0) is 39.0. The minimum atomic E-state index is -3.99. The number of ether oxygens (including phenoxy) is 4. The van der Waals surface area contributed by atoms with E-state index in [9.17, 15) is 14.3 Å². The number of halogens is 1. The van der Waals surface area contributed by atoms with Gasteiger partial charge in [0.05, 0.1) is 45.2 Å². The predicted octanol–water partition coefficient (Wildman–Crippen LogP) is 10.4. The molecule has 5 unspecified atom stereocenters. The Labute approximate surface area is 336 Å². The van der Waals surface area contributed by atoms with Crippen LogP contribution in [0.4, 0.5) is 0 Å². The molecule has 0 spiro atoms. The highest BCUT2D eigenvalue weighted by atomic mass is 35.5. The Kier molecular flexibility index (Phi) is 69.9. The maximum Gasteiger partial charge on any atom is 0.267 e. The molecule has 53 heavy (non-hydrogen) atoms. The Morgan fingerprint density at radius 3 is 1.28 bits per heavy atom. The minimum Gasteiger partial charge on any atom is -0.756 e. The molecule has 336 valence electrons. The van der Waals surface area contributed by atoms with Crippen molar-refractivity contribution in [2.75, 3.05) is 40.1 Å². The van der Waals surface area contributed by atoms with E-state index >= 15 is 0 Å². The van der Waals surface area contributed by atoms with Gasteiger partial charge >= 0.3 is 0 Å². The molecule has 0 saturated carbocycles. The molecule has 0 aromatic carbocycles. The van der Waals surface area contributed by atoms with Crippen molar-refractivity contribution < 1.29 is 57.6 Å². The summed E-state index contributed by atoms with van der Waals surface area (Å²) in [6.45, 7) is 29.0. The molecular weight excluding hydrogens is 727 g/mol. The SMILES string of the molecule is C.C.C.C.C.CC(=O)Cl.CC1(C)OCC(CO)O1.CCC.CCC(C)CC.CCC(C)COP(=O)([O-])OC.CCC(O)CO.CCC1COC(C)(C)O1. The first-order valence-corrected chi connectivity index (χ1v) is 19.1. The van der Waals surface area contributed by atoms with Gasteiger partial charge in [0.25, 0.3) is 7.82 Å². The summed E-state index contributed by atoms with van der Waals surface area (Å²) >= 11 is 4.64. The Morgan fingerprint density at radius 2 is 1.15 bits per heavy atom. The molecule has 14 heteroatoms. The van der Waals surface area contributed by atoms with Gasteiger partial charge in [0, 0.05) is 14.0 Å². The maximum atomic E-state index is 10.6. The van der Waals surface area contributed by atoms with E-state index in [1.54, 1.807) is 0 Å². The molecule has 0 aliphatic carbocycles. The second-order valence-electron chi connectivity index (χ2n) is 12.3. The lowest BCUT2D eigenvalue weighted by atomic mass is 10.1. The van der Waals surface area contributed by atoms with Crippen LogP contribution in [0.5, 0.6) is 0 Å². The molecule has 0 amide bonds. The first kappa shape index (κ1) is 77.3. The number of carbonyl (C=O) groups is 1. The lowest BCUT2D eigenvalue weighted by Crippen LogP contribution is -2.22. The van der Waals surface area contributed by atoms with E-state index < -0.39 is 19.7 Å². The van der Waals surface area contributed by atoms with Crippen molar-refractivity contribution in [3.05, 3.63) is 0 Å². The molecule has 0 aromatic rings. The second kappa shape index (κ2) is 47.9. The fraction of sp³-hybridized carbons (Fsp3) is 0.974. The van der Waals surface area contributed by atoms with Crippen molar-refractivity contribution in [2.45, 2.75) is 202 Å². The van der Waals surface area contributed by atoms with Crippen molar-refractivity contribution in [3.63, 3.8) is 0 Å². The lowest BCUT2D eigenvalue weighted by Gasteiger charge is -2.21. The van der Waals surface area contributed by atoms with Crippen LogP contribution in [0.3, 0.4) is 0 Å². The molecule has 2 heterocycles. The summed E-state index contributed by atoms with van der Waals surface area (Å²) < 4.78 is 40.4. The predicted molar refractivity (Wildman–Crippen MR) is 226 cm³/mol. The van der Waals surface area contributed by atoms with Crippen molar-refractivity contribution in [3.8, 4) is 0 Å². The highest BCUT2D eigenvalue weighted by Crippen LogP contribution is 2.37. The molecule has 12 nitrogen and oxygen atoms in total. The van der Waals surface area contributed by atoms with Crippen LogP contribution >= 0.6 is 19.4 Å². The van der Waals surface area contributed by atoms with Crippen LogP contribution in [0.15, 0.2) is 0 Å². The van der Waals surface area contributed by atoms with Crippen LogP contribution in [-0.4, -0.2) is 90.6 Å². The smallest absolute Gasteiger partial charge is 0.267 e. The van der Waals surface area contributed by atoms with E-state index in [1.165, 1.54) is 26.2 Å². The van der Waals surface area contributed by atoms with Crippen molar-refractivity contribution in [1.82, 2.24) is 0 Å². The number of rotatable bonds is 11. The standard InChI is InChI=1S/C7H14O2.C6H15O4P.C6H12O3.C6H14.C4H10O2.C3H8.C2H3ClO.5CH4/c1-4-6-5-8-7(2,3)9-6;1-4-6(2)5-10-11(7,8)9-3;1-6(2)8-4-5(3-7)9-6;1-4-6(3)5-2;1-2-4(6)3-5;1-3-2;1-2(3)4;;;;;/h6H,4-5H2,1-3H3;6H,4-5H2,1-3H3,(H,7,8);5,7H,3-4H2,1-2H3;6H,4-5H2,1-3H3;4-6H,2-3H2,1H3;3H2,1-2H3;1H3;5*1H4/p-1. The van der Waals surface area contributed by atoms with Gasteiger partial charge < -0.3 is 48.2 Å². The Morgan fingerprint density at radius 1 is 0.811 bits per heavy atom. The minimum absolute atomic E-state index is 0. The summed E-state index contributed by atoms with van der Waals surface area (Å²) in [5.74, 6) is 0.353. The molecule has 2 aliphatic rings. The summed E-state index contributed by atoms with van der Waals surface area (Å²) in [6.07, 6.45) is 6.17. The zero-order valence-corrected chi connectivity index (χ0v) is 34.7.